The van der Waals surface area contributed by atoms with Gasteiger partial charge in [-0.1, -0.05) is 71.6 Å². The number of carbonyl (C=O) groups excluding carboxylic acids is 1. The van der Waals surface area contributed by atoms with Crippen LogP contribution in [0.4, 0.5) is 0 Å². The number of carbonyl (C=O) groups is 1. The quantitative estimate of drug-likeness (QED) is 0.501. The van der Waals surface area contributed by atoms with Crippen molar-refractivity contribution in [2.24, 2.45) is 5.73 Å². The Labute approximate surface area is 119 Å². The summed E-state index contributed by atoms with van der Waals surface area (Å²) in [6.07, 6.45) is 13.9. The van der Waals surface area contributed by atoms with Gasteiger partial charge in [-0.05, 0) is 12.8 Å². The average molecular weight is 270 g/mol. The van der Waals surface area contributed by atoms with Crippen molar-refractivity contribution in [1.82, 2.24) is 5.32 Å². The zero-order valence-electron chi connectivity index (χ0n) is 13.0. The smallest absolute Gasteiger partial charge is 0.236 e. The molecule has 1 amide bonds. The summed E-state index contributed by atoms with van der Waals surface area (Å²) in [5, 5.41) is 2.89. The van der Waals surface area contributed by atoms with E-state index in [1.807, 2.05) is 6.92 Å². The lowest BCUT2D eigenvalue weighted by Crippen LogP contribution is -2.40. The minimum atomic E-state index is -0.330. The largest absolute Gasteiger partial charge is 0.355 e. The third-order valence-corrected chi connectivity index (χ3v) is 3.61. The van der Waals surface area contributed by atoms with Crippen LogP contribution in [0, 0.1) is 0 Å². The molecule has 0 bridgehead atoms. The summed E-state index contributed by atoms with van der Waals surface area (Å²) in [5.41, 5.74) is 5.63. The van der Waals surface area contributed by atoms with E-state index in [0.29, 0.717) is 6.42 Å². The van der Waals surface area contributed by atoms with Gasteiger partial charge in [0.05, 0.1) is 6.04 Å². The van der Waals surface area contributed by atoms with E-state index >= 15 is 0 Å². The van der Waals surface area contributed by atoms with E-state index in [4.69, 9.17) is 5.73 Å². The van der Waals surface area contributed by atoms with E-state index in [9.17, 15) is 4.79 Å². The third-order valence-electron chi connectivity index (χ3n) is 3.61. The Balaban J connectivity index is 3.13. The Morgan fingerprint density at radius 3 is 1.84 bits per heavy atom. The number of hydrogen-bond acceptors (Lipinski definition) is 2. The lowest BCUT2D eigenvalue weighted by molar-refractivity contribution is -0.122. The summed E-state index contributed by atoms with van der Waals surface area (Å²) in [6, 6.07) is -0.330. The van der Waals surface area contributed by atoms with Gasteiger partial charge in [0.1, 0.15) is 0 Å². The second kappa shape index (κ2) is 13.9. The first-order valence-electron chi connectivity index (χ1n) is 8.25. The summed E-state index contributed by atoms with van der Waals surface area (Å²) < 4.78 is 0. The highest BCUT2D eigenvalue weighted by Crippen LogP contribution is 2.10. The van der Waals surface area contributed by atoms with E-state index in [0.717, 1.165) is 13.0 Å². The molecular weight excluding hydrogens is 236 g/mol. The van der Waals surface area contributed by atoms with Gasteiger partial charge < -0.3 is 11.1 Å². The molecule has 3 heteroatoms. The summed E-state index contributed by atoms with van der Waals surface area (Å²) in [7, 11) is 0. The number of nitrogens with two attached hydrogens (primary N) is 1. The van der Waals surface area contributed by atoms with Gasteiger partial charge in [0.2, 0.25) is 5.91 Å². The third kappa shape index (κ3) is 12.2. The number of nitrogens with one attached hydrogen (secondary N) is 1. The molecule has 0 aromatic carbocycles. The summed E-state index contributed by atoms with van der Waals surface area (Å²) in [4.78, 5) is 11.4. The Bertz CT molecular complexity index is 207. The van der Waals surface area contributed by atoms with Crippen molar-refractivity contribution in [3.8, 4) is 0 Å². The predicted octanol–water partition coefficient (Wildman–Crippen LogP) is 3.76. The molecule has 0 saturated carbocycles. The fourth-order valence-electron chi connectivity index (χ4n) is 2.14. The molecule has 0 aliphatic rings. The van der Waals surface area contributed by atoms with Crippen LogP contribution in [-0.4, -0.2) is 18.5 Å². The molecule has 0 aliphatic carbocycles. The van der Waals surface area contributed by atoms with E-state index in [-0.39, 0.29) is 11.9 Å². The molecule has 0 heterocycles. The lowest BCUT2D eigenvalue weighted by atomic mass is 10.1. The van der Waals surface area contributed by atoms with Crippen LogP contribution in [0.15, 0.2) is 0 Å². The first kappa shape index (κ1) is 18.4. The molecule has 19 heavy (non-hydrogen) atoms. The number of unbranched alkanes of at least 4 members (excludes halogenated alkanes) is 9. The lowest BCUT2D eigenvalue weighted by Gasteiger charge is -2.09. The molecule has 1 unspecified atom stereocenters. The minimum Gasteiger partial charge on any atom is -0.355 e. The summed E-state index contributed by atoms with van der Waals surface area (Å²) >= 11 is 0. The van der Waals surface area contributed by atoms with Crippen molar-refractivity contribution in [1.29, 1.82) is 0 Å². The highest BCUT2D eigenvalue weighted by molar-refractivity contribution is 5.81. The average Bonchev–Trinajstić information content (AvgIpc) is 2.43. The van der Waals surface area contributed by atoms with E-state index < -0.39 is 0 Å². The zero-order chi connectivity index (χ0) is 14.3. The van der Waals surface area contributed by atoms with Crippen LogP contribution in [0.5, 0.6) is 0 Å². The molecule has 0 aromatic rings. The number of amides is 1. The van der Waals surface area contributed by atoms with Crippen LogP contribution in [0.3, 0.4) is 0 Å². The van der Waals surface area contributed by atoms with Crippen molar-refractivity contribution < 1.29 is 4.79 Å². The molecule has 3 nitrogen and oxygen atoms in total. The molecule has 0 aromatic heterocycles. The monoisotopic (exact) mass is 270 g/mol. The van der Waals surface area contributed by atoms with E-state index in [1.54, 1.807) is 0 Å². The molecule has 1 atom stereocenters. The number of rotatable bonds is 13. The normalized spacial score (nSPS) is 12.4. The van der Waals surface area contributed by atoms with Gasteiger partial charge in [0.25, 0.3) is 0 Å². The van der Waals surface area contributed by atoms with Gasteiger partial charge >= 0.3 is 0 Å². The van der Waals surface area contributed by atoms with Gasteiger partial charge in [-0.15, -0.1) is 0 Å². The molecule has 0 radical (unpaired) electrons. The van der Waals surface area contributed by atoms with E-state index in [2.05, 4.69) is 12.2 Å². The van der Waals surface area contributed by atoms with Gasteiger partial charge in [0.15, 0.2) is 0 Å². The van der Waals surface area contributed by atoms with Crippen LogP contribution in [0.1, 0.15) is 84.5 Å². The molecule has 0 rings (SSSR count). The van der Waals surface area contributed by atoms with Crippen LogP contribution in [0.2, 0.25) is 0 Å². The zero-order valence-corrected chi connectivity index (χ0v) is 13.0. The highest BCUT2D eigenvalue weighted by atomic mass is 16.2. The standard InChI is InChI=1S/C16H34N2O/c1-3-5-6-7-8-9-10-11-12-13-14-18-16(19)15(17)4-2/h15H,3-14,17H2,1-2H3,(H,18,19). The molecule has 0 aliphatic heterocycles. The topological polar surface area (TPSA) is 55.1 Å². The maximum Gasteiger partial charge on any atom is 0.236 e. The van der Waals surface area contributed by atoms with Gasteiger partial charge in [0, 0.05) is 6.54 Å². The SMILES string of the molecule is CCCCCCCCCCCCNC(=O)C(N)CC. The molecule has 114 valence electrons. The molecule has 0 saturated heterocycles. The second-order valence-corrected chi connectivity index (χ2v) is 5.49. The minimum absolute atomic E-state index is 0.00146. The van der Waals surface area contributed by atoms with Gasteiger partial charge in [-0.2, -0.15) is 0 Å². The first-order chi connectivity index (χ1) is 9.22. The van der Waals surface area contributed by atoms with Crippen molar-refractivity contribution in [3.63, 3.8) is 0 Å². The van der Waals surface area contributed by atoms with Crippen molar-refractivity contribution in [3.05, 3.63) is 0 Å². The maximum absolute atomic E-state index is 11.4. The fourth-order valence-corrected chi connectivity index (χ4v) is 2.14. The first-order valence-corrected chi connectivity index (χ1v) is 8.25. The second-order valence-electron chi connectivity index (χ2n) is 5.49. The van der Waals surface area contributed by atoms with Crippen molar-refractivity contribution in [2.45, 2.75) is 90.5 Å². The fraction of sp³-hybridized carbons (Fsp3) is 0.938. The Morgan fingerprint density at radius 2 is 1.37 bits per heavy atom. The molecular formula is C16H34N2O. The highest BCUT2D eigenvalue weighted by Gasteiger charge is 2.08. The van der Waals surface area contributed by atoms with E-state index in [1.165, 1.54) is 57.8 Å². The van der Waals surface area contributed by atoms with Gasteiger partial charge in [-0.3, -0.25) is 4.79 Å². The van der Waals surface area contributed by atoms with Gasteiger partial charge in [-0.25, -0.2) is 0 Å². The van der Waals surface area contributed by atoms with Crippen molar-refractivity contribution in [2.75, 3.05) is 6.54 Å². The maximum atomic E-state index is 11.4. The van der Waals surface area contributed by atoms with Crippen LogP contribution >= 0.6 is 0 Å². The van der Waals surface area contributed by atoms with Crippen LogP contribution in [-0.2, 0) is 4.79 Å². The number of hydrogen-bond donors (Lipinski definition) is 2. The predicted molar refractivity (Wildman–Crippen MR) is 83.1 cm³/mol. The van der Waals surface area contributed by atoms with Crippen LogP contribution in [0.25, 0.3) is 0 Å². The molecule has 3 N–H and O–H groups in total. The molecule has 0 spiro atoms. The summed E-state index contributed by atoms with van der Waals surface area (Å²) in [6.45, 7) is 4.97. The Kier molecular flexibility index (Phi) is 13.4. The van der Waals surface area contributed by atoms with Crippen LogP contribution < -0.4 is 11.1 Å². The van der Waals surface area contributed by atoms with Crippen molar-refractivity contribution >= 4 is 5.91 Å². The Morgan fingerprint density at radius 1 is 0.895 bits per heavy atom. The Hall–Kier alpha value is -0.570. The molecule has 0 fully saturated rings. The summed E-state index contributed by atoms with van der Waals surface area (Å²) in [5.74, 6) is -0.00146.